The average molecular weight is 195 g/mol. The quantitative estimate of drug-likeness (QED) is 0.555. The Morgan fingerprint density at radius 1 is 1.29 bits per heavy atom. The summed E-state index contributed by atoms with van der Waals surface area (Å²) in [5.74, 6) is 1.53. The predicted molar refractivity (Wildman–Crippen MR) is 65.8 cm³/mol. The van der Waals surface area contributed by atoms with Gasteiger partial charge in [-0.2, -0.15) is 0 Å². The first kappa shape index (κ1) is 13.4. The molecule has 0 bridgehead atoms. The van der Waals surface area contributed by atoms with Crippen molar-refractivity contribution < 1.29 is 0 Å². The smallest absolute Gasteiger partial charge is 0.0255 e. The Morgan fingerprint density at radius 2 is 1.93 bits per heavy atom. The lowest BCUT2D eigenvalue weighted by Gasteiger charge is -2.14. The molecule has 0 aliphatic rings. The van der Waals surface area contributed by atoms with Gasteiger partial charge in [0.2, 0.25) is 0 Å². The molecule has 1 nitrogen and oxygen atoms in total. The first-order valence-electron chi connectivity index (χ1n) is 5.76. The fourth-order valence-corrected chi connectivity index (χ4v) is 1.29. The largest absolute Gasteiger partial charge is 0.269 e. The number of hydrogen-bond acceptors (Lipinski definition) is 1. The molecule has 0 aliphatic heterocycles. The maximum Gasteiger partial charge on any atom is 0.0255 e. The van der Waals surface area contributed by atoms with E-state index in [1.165, 1.54) is 24.8 Å². The van der Waals surface area contributed by atoms with Crippen molar-refractivity contribution in [3.8, 4) is 0 Å². The summed E-state index contributed by atoms with van der Waals surface area (Å²) in [5, 5.41) is 0. The number of hydrogen-bond donors (Lipinski definition) is 0. The molecule has 0 amide bonds. The van der Waals surface area contributed by atoms with Crippen LogP contribution >= 0.6 is 0 Å². The number of rotatable bonds is 6. The zero-order chi connectivity index (χ0) is 11.0. The molecule has 0 fully saturated rings. The van der Waals surface area contributed by atoms with Gasteiger partial charge in [-0.3, -0.25) is 4.99 Å². The van der Waals surface area contributed by atoms with E-state index in [9.17, 15) is 0 Å². The zero-order valence-electron chi connectivity index (χ0n) is 10.4. The van der Waals surface area contributed by atoms with Crippen molar-refractivity contribution in [3.63, 3.8) is 0 Å². The third-order valence-corrected chi connectivity index (χ3v) is 2.99. The maximum absolute atomic E-state index is 4.15. The minimum atomic E-state index is 0.674. The highest BCUT2D eigenvalue weighted by molar-refractivity contribution is 5.54. The standard InChI is InChI=1S/C13H25N/c1-6-11(3)8-9-12(4)13(5)10-14-7-2/h7,10-12H,6,8-9H2,1-5H3/b13-10-,14-7?. The van der Waals surface area contributed by atoms with Crippen LogP contribution in [0.25, 0.3) is 0 Å². The Kier molecular flexibility index (Phi) is 7.45. The van der Waals surface area contributed by atoms with Crippen LogP contribution in [0.3, 0.4) is 0 Å². The van der Waals surface area contributed by atoms with Gasteiger partial charge in [0.15, 0.2) is 0 Å². The molecule has 0 aliphatic carbocycles. The monoisotopic (exact) mass is 195 g/mol. The first-order chi connectivity index (χ1) is 6.61. The van der Waals surface area contributed by atoms with E-state index >= 15 is 0 Å². The van der Waals surface area contributed by atoms with E-state index in [1.807, 2.05) is 19.3 Å². The van der Waals surface area contributed by atoms with Gasteiger partial charge in [-0.25, -0.2) is 0 Å². The molecule has 0 radical (unpaired) electrons. The summed E-state index contributed by atoms with van der Waals surface area (Å²) in [6, 6.07) is 0. The summed E-state index contributed by atoms with van der Waals surface area (Å²) < 4.78 is 0. The SMILES string of the molecule is CC=N/C=C(/C)C(C)CCC(C)CC. The third kappa shape index (κ3) is 5.95. The van der Waals surface area contributed by atoms with Gasteiger partial charge in [0.25, 0.3) is 0 Å². The summed E-state index contributed by atoms with van der Waals surface area (Å²) in [6.45, 7) is 11.0. The van der Waals surface area contributed by atoms with Crippen LogP contribution in [0.2, 0.25) is 0 Å². The van der Waals surface area contributed by atoms with Crippen LogP contribution in [0.1, 0.15) is 53.9 Å². The number of aliphatic imine (C=N–C) groups is 1. The van der Waals surface area contributed by atoms with E-state index in [4.69, 9.17) is 0 Å². The second-order valence-corrected chi connectivity index (χ2v) is 4.27. The fourth-order valence-electron chi connectivity index (χ4n) is 1.29. The number of allylic oxidation sites excluding steroid dienone is 1. The topological polar surface area (TPSA) is 12.4 Å². The highest BCUT2D eigenvalue weighted by atomic mass is 14.7. The summed E-state index contributed by atoms with van der Waals surface area (Å²) in [6.07, 6.45) is 7.74. The highest BCUT2D eigenvalue weighted by Crippen LogP contribution is 2.20. The maximum atomic E-state index is 4.15. The van der Waals surface area contributed by atoms with Gasteiger partial charge in [-0.05, 0) is 32.1 Å². The van der Waals surface area contributed by atoms with Crippen molar-refractivity contribution in [2.24, 2.45) is 16.8 Å². The van der Waals surface area contributed by atoms with Gasteiger partial charge in [0, 0.05) is 12.4 Å². The van der Waals surface area contributed by atoms with E-state index in [0.29, 0.717) is 5.92 Å². The van der Waals surface area contributed by atoms with Gasteiger partial charge in [-0.1, -0.05) is 39.2 Å². The minimum absolute atomic E-state index is 0.674. The Hall–Kier alpha value is -0.590. The summed E-state index contributed by atoms with van der Waals surface area (Å²) in [4.78, 5) is 4.15. The minimum Gasteiger partial charge on any atom is -0.269 e. The van der Waals surface area contributed by atoms with E-state index in [-0.39, 0.29) is 0 Å². The van der Waals surface area contributed by atoms with Crippen molar-refractivity contribution in [2.75, 3.05) is 0 Å². The highest BCUT2D eigenvalue weighted by Gasteiger charge is 2.06. The van der Waals surface area contributed by atoms with Gasteiger partial charge in [0.1, 0.15) is 0 Å². The Labute approximate surface area is 89.3 Å². The van der Waals surface area contributed by atoms with E-state index in [2.05, 4.69) is 32.7 Å². The van der Waals surface area contributed by atoms with Gasteiger partial charge >= 0.3 is 0 Å². The second-order valence-electron chi connectivity index (χ2n) is 4.27. The second kappa shape index (κ2) is 7.78. The molecular weight excluding hydrogens is 170 g/mol. The molecule has 0 heterocycles. The van der Waals surface area contributed by atoms with Crippen LogP contribution in [-0.4, -0.2) is 6.21 Å². The van der Waals surface area contributed by atoms with Crippen LogP contribution in [0, 0.1) is 11.8 Å². The average Bonchev–Trinajstić information content (AvgIpc) is 2.21. The molecule has 2 unspecified atom stereocenters. The Bertz CT molecular complexity index is 191. The van der Waals surface area contributed by atoms with E-state index in [1.54, 1.807) is 0 Å². The van der Waals surface area contributed by atoms with Crippen molar-refractivity contribution in [1.29, 1.82) is 0 Å². The lowest BCUT2D eigenvalue weighted by atomic mass is 9.92. The molecule has 0 aromatic heterocycles. The van der Waals surface area contributed by atoms with Crippen LogP contribution in [0.15, 0.2) is 16.8 Å². The van der Waals surface area contributed by atoms with Crippen LogP contribution < -0.4 is 0 Å². The summed E-state index contributed by atoms with van der Waals surface area (Å²) in [5.41, 5.74) is 1.39. The normalized spacial score (nSPS) is 17.4. The van der Waals surface area contributed by atoms with Gasteiger partial charge in [0.05, 0.1) is 0 Å². The molecule has 0 rings (SSSR count). The molecule has 1 heteroatoms. The molecule has 0 aromatic carbocycles. The van der Waals surface area contributed by atoms with Crippen molar-refractivity contribution in [3.05, 3.63) is 11.8 Å². The molecule has 0 spiro atoms. The molecule has 2 atom stereocenters. The molecule has 14 heavy (non-hydrogen) atoms. The first-order valence-corrected chi connectivity index (χ1v) is 5.76. The molecule has 0 aromatic rings. The fraction of sp³-hybridized carbons (Fsp3) is 0.769. The molecule has 82 valence electrons. The summed E-state index contributed by atoms with van der Waals surface area (Å²) >= 11 is 0. The van der Waals surface area contributed by atoms with E-state index in [0.717, 1.165) is 5.92 Å². The lowest BCUT2D eigenvalue weighted by Crippen LogP contribution is -2.00. The van der Waals surface area contributed by atoms with Crippen LogP contribution in [-0.2, 0) is 0 Å². The van der Waals surface area contributed by atoms with Gasteiger partial charge < -0.3 is 0 Å². The van der Waals surface area contributed by atoms with E-state index < -0.39 is 0 Å². The Balaban J connectivity index is 3.89. The van der Waals surface area contributed by atoms with Crippen molar-refractivity contribution >= 4 is 6.21 Å². The van der Waals surface area contributed by atoms with Gasteiger partial charge in [-0.15, -0.1) is 0 Å². The van der Waals surface area contributed by atoms with Crippen LogP contribution in [0.5, 0.6) is 0 Å². The number of nitrogens with zero attached hydrogens (tertiary/aromatic N) is 1. The molecule has 0 saturated heterocycles. The Morgan fingerprint density at radius 3 is 2.43 bits per heavy atom. The molecular formula is C13H25N. The lowest BCUT2D eigenvalue weighted by molar-refractivity contribution is 0.450. The van der Waals surface area contributed by atoms with Crippen LogP contribution in [0.4, 0.5) is 0 Å². The molecule has 0 N–H and O–H groups in total. The molecule has 0 saturated carbocycles. The predicted octanol–water partition coefficient (Wildman–Crippen LogP) is 4.44. The summed E-state index contributed by atoms with van der Waals surface area (Å²) in [7, 11) is 0. The zero-order valence-corrected chi connectivity index (χ0v) is 10.4. The van der Waals surface area contributed by atoms with Crippen molar-refractivity contribution in [1.82, 2.24) is 0 Å². The van der Waals surface area contributed by atoms with Crippen molar-refractivity contribution in [2.45, 2.75) is 53.9 Å². The third-order valence-electron chi connectivity index (χ3n) is 2.99.